The van der Waals surface area contributed by atoms with Crippen LogP contribution in [0.3, 0.4) is 0 Å². The van der Waals surface area contributed by atoms with E-state index in [4.69, 9.17) is 15.4 Å². The maximum absolute atomic E-state index is 11.4. The molecule has 2 rings (SSSR count). The van der Waals surface area contributed by atoms with Gasteiger partial charge in [-0.25, -0.2) is 8.42 Å². The predicted octanol–water partition coefficient (Wildman–Crippen LogP) is -0.363. The Balaban J connectivity index is 2.51. The summed E-state index contributed by atoms with van der Waals surface area (Å²) in [6.45, 7) is 0.509. The number of rotatable bonds is 5. The average molecular weight is 293 g/mol. The van der Waals surface area contributed by atoms with Gasteiger partial charge in [0.15, 0.2) is 5.82 Å². The van der Waals surface area contributed by atoms with Crippen molar-refractivity contribution in [2.45, 2.75) is 11.7 Å². The molecule has 0 aliphatic heterocycles. The summed E-state index contributed by atoms with van der Waals surface area (Å²) in [6, 6.07) is 0. The molecule has 0 saturated carbocycles. The number of H-pyrrole nitrogens is 1. The Morgan fingerprint density at radius 2 is 2.28 bits per heavy atom. The first-order valence-corrected chi connectivity index (χ1v) is 7.08. The second-order valence-corrected chi connectivity index (χ2v) is 5.70. The smallest absolute Gasteiger partial charge is 0.296 e. The Labute approximate surface area is 107 Å². The van der Waals surface area contributed by atoms with E-state index in [2.05, 4.69) is 25.6 Å². The van der Waals surface area contributed by atoms with Crippen molar-refractivity contribution in [3.05, 3.63) is 6.20 Å². The van der Waals surface area contributed by atoms with Crippen LogP contribution in [-0.2, 0) is 20.3 Å². The van der Waals surface area contributed by atoms with Crippen molar-refractivity contribution in [2.75, 3.05) is 13.7 Å². The molecule has 0 atom stereocenters. The predicted molar refractivity (Wildman–Crippen MR) is 60.3 cm³/mol. The molecule has 0 amide bonds. The fraction of sp³-hybridized carbons (Fsp3) is 0.429. The van der Waals surface area contributed by atoms with E-state index in [1.807, 2.05) is 0 Å². The highest BCUT2D eigenvalue weighted by atomic mass is 35.7. The zero-order valence-corrected chi connectivity index (χ0v) is 10.8. The first-order valence-electron chi connectivity index (χ1n) is 4.77. The van der Waals surface area contributed by atoms with Crippen molar-refractivity contribution < 1.29 is 13.2 Å². The summed E-state index contributed by atoms with van der Waals surface area (Å²) in [6.07, 6.45) is 1.40. The van der Waals surface area contributed by atoms with E-state index < -0.39 is 9.05 Å². The Morgan fingerprint density at radius 1 is 1.50 bits per heavy atom. The molecule has 0 aromatic carbocycles. The highest BCUT2D eigenvalue weighted by Crippen LogP contribution is 2.19. The lowest BCUT2D eigenvalue weighted by atomic mass is 10.4. The number of aromatic amines is 1. The first-order chi connectivity index (χ1) is 8.54. The number of nitrogens with zero attached hydrogens (tertiary/aromatic N) is 5. The molecule has 0 aliphatic carbocycles. The minimum absolute atomic E-state index is 0.229. The molecule has 0 aliphatic rings. The Morgan fingerprint density at radius 3 is 2.83 bits per heavy atom. The molecular weight excluding hydrogens is 284 g/mol. The SMILES string of the molecule is COCCn1c(-c2cn[nH]n2)nnc1S(=O)(=O)Cl. The number of aromatic nitrogens is 6. The Hall–Kier alpha value is -1.52. The van der Waals surface area contributed by atoms with Crippen molar-refractivity contribution >= 4 is 19.7 Å². The molecule has 0 fully saturated rings. The molecule has 9 nitrogen and oxygen atoms in total. The van der Waals surface area contributed by atoms with Gasteiger partial charge in [-0.1, -0.05) is 0 Å². The second-order valence-electron chi connectivity index (χ2n) is 3.24. The molecule has 2 heterocycles. The third kappa shape index (κ3) is 2.49. The normalized spacial score (nSPS) is 11.9. The molecule has 0 radical (unpaired) electrons. The number of hydrogen-bond acceptors (Lipinski definition) is 7. The molecule has 2 aromatic heterocycles. The molecule has 0 bridgehead atoms. The summed E-state index contributed by atoms with van der Waals surface area (Å²) >= 11 is 0. The fourth-order valence-electron chi connectivity index (χ4n) is 1.35. The Bertz CT molecular complexity index is 622. The van der Waals surface area contributed by atoms with Gasteiger partial charge in [0.25, 0.3) is 14.2 Å². The lowest BCUT2D eigenvalue weighted by molar-refractivity contribution is 0.185. The molecule has 0 saturated heterocycles. The van der Waals surface area contributed by atoms with Crippen LogP contribution >= 0.6 is 10.7 Å². The van der Waals surface area contributed by atoms with Gasteiger partial charge in [0.2, 0.25) is 0 Å². The second kappa shape index (κ2) is 5.00. The number of halogens is 1. The number of nitrogens with one attached hydrogen (secondary N) is 1. The van der Waals surface area contributed by atoms with Crippen LogP contribution in [0, 0.1) is 0 Å². The van der Waals surface area contributed by atoms with E-state index in [1.165, 1.54) is 17.9 Å². The van der Waals surface area contributed by atoms with Gasteiger partial charge in [-0.15, -0.1) is 10.2 Å². The van der Waals surface area contributed by atoms with Gasteiger partial charge in [-0.05, 0) is 0 Å². The van der Waals surface area contributed by atoms with Crippen LogP contribution in [0.15, 0.2) is 11.4 Å². The first kappa shape index (κ1) is 12.9. The zero-order valence-electron chi connectivity index (χ0n) is 9.24. The molecule has 18 heavy (non-hydrogen) atoms. The standard InChI is InChI=1S/C7H9ClN6O3S/c1-17-3-2-14-6(5-4-9-13-10-5)11-12-7(14)18(8,15)16/h4H,2-3H2,1H3,(H,9,10,13). The minimum atomic E-state index is -3.99. The van der Waals surface area contributed by atoms with Gasteiger partial charge in [-0.3, -0.25) is 4.57 Å². The summed E-state index contributed by atoms with van der Waals surface area (Å²) in [7, 11) is 2.79. The van der Waals surface area contributed by atoms with Crippen LogP contribution in [0.1, 0.15) is 0 Å². The summed E-state index contributed by atoms with van der Waals surface area (Å²) in [5.41, 5.74) is 0.366. The molecule has 0 spiro atoms. The molecule has 98 valence electrons. The van der Waals surface area contributed by atoms with E-state index >= 15 is 0 Å². The van der Waals surface area contributed by atoms with Crippen LogP contribution in [0.5, 0.6) is 0 Å². The summed E-state index contributed by atoms with van der Waals surface area (Å²) < 4.78 is 28.9. The third-order valence-corrected chi connectivity index (χ3v) is 3.25. The van der Waals surface area contributed by atoms with Crippen molar-refractivity contribution in [2.24, 2.45) is 0 Å². The molecule has 1 N–H and O–H groups in total. The van der Waals surface area contributed by atoms with Crippen LogP contribution in [0.2, 0.25) is 0 Å². The molecular formula is C7H9ClN6O3S. The quantitative estimate of drug-likeness (QED) is 0.748. The van der Waals surface area contributed by atoms with Crippen molar-refractivity contribution in [3.63, 3.8) is 0 Å². The summed E-state index contributed by atoms with van der Waals surface area (Å²) in [5, 5.41) is 16.8. The molecule has 11 heteroatoms. The monoisotopic (exact) mass is 292 g/mol. The van der Waals surface area contributed by atoms with Gasteiger partial charge in [0, 0.05) is 17.8 Å². The van der Waals surface area contributed by atoms with Crippen LogP contribution in [0.4, 0.5) is 0 Å². The van der Waals surface area contributed by atoms with E-state index in [9.17, 15) is 8.42 Å². The topological polar surface area (TPSA) is 116 Å². The van der Waals surface area contributed by atoms with E-state index in [1.54, 1.807) is 0 Å². The van der Waals surface area contributed by atoms with E-state index in [-0.39, 0.29) is 24.1 Å². The lowest BCUT2D eigenvalue weighted by Crippen LogP contribution is -2.11. The highest BCUT2D eigenvalue weighted by molar-refractivity contribution is 8.13. The van der Waals surface area contributed by atoms with Crippen LogP contribution in [0.25, 0.3) is 11.5 Å². The number of methoxy groups -OCH3 is 1. The number of ether oxygens (including phenoxy) is 1. The van der Waals surface area contributed by atoms with Crippen LogP contribution in [-0.4, -0.2) is 52.3 Å². The fourth-order valence-corrected chi connectivity index (χ4v) is 2.27. The van der Waals surface area contributed by atoms with Crippen molar-refractivity contribution in [1.29, 1.82) is 0 Å². The van der Waals surface area contributed by atoms with Gasteiger partial charge in [0.1, 0.15) is 5.69 Å². The maximum Gasteiger partial charge on any atom is 0.296 e. The van der Waals surface area contributed by atoms with E-state index in [0.717, 1.165) is 0 Å². The van der Waals surface area contributed by atoms with Crippen molar-refractivity contribution in [3.8, 4) is 11.5 Å². The molecule has 2 aromatic rings. The van der Waals surface area contributed by atoms with E-state index in [0.29, 0.717) is 5.69 Å². The Kier molecular flexibility index (Phi) is 3.59. The third-order valence-electron chi connectivity index (χ3n) is 2.10. The van der Waals surface area contributed by atoms with Gasteiger partial charge in [0.05, 0.1) is 19.3 Å². The lowest BCUT2D eigenvalue weighted by Gasteiger charge is -2.06. The van der Waals surface area contributed by atoms with Gasteiger partial charge < -0.3 is 4.74 Å². The minimum Gasteiger partial charge on any atom is -0.383 e. The number of hydrogen-bond donors (Lipinski definition) is 1. The van der Waals surface area contributed by atoms with Gasteiger partial charge in [-0.2, -0.15) is 15.4 Å². The molecule has 0 unspecified atom stereocenters. The average Bonchev–Trinajstić information content (AvgIpc) is 2.93. The van der Waals surface area contributed by atoms with Gasteiger partial charge >= 0.3 is 0 Å². The zero-order chi connectivity index (χ0) is 13.2. The van der Waals surface area contributed by atoms with Crippen LogP contribution < -0.4 is 0 Å². The largest absolute Gasteiger partial charge is 0.383 e. The van der Waals surface area contributed by atoms with Crippen molar-refractivity contribution in [1.82, 2.24) is 30.2 Å². The summed E-state index contributed by atoms with van der Waals surface area (Å²) in [5.74, 6) is 0.250. The summed E-state index contributed by atoms with van der Waals surface area (Å²) in [4.78, 5) is 0. The maximum atomic E-state index is 11.4. The highest BCUT2D eigenvalue weighted by Gasteiger charge is 2.24.